The minimum atomic E-state index is -0.822. The molecule has 0 aliphatic heterocycles. The van der Waals surface area contributed by atoms with Crippen LogP contribution in [-0.4, -0.2) is 27.7 Å². The zero-order chi connectivity index (χ0) is 13.5. The number of nitrogen functional groups attached to an aromatic ring is 1. The fourth-order valence-electron chi connectivity index (χ4n) is 1.41. The highest BCUT2D eigenvalue weighted by molar-refractivity contribution is 7.84. The molecular formula is C10H16N4O3S. The summed E-state index contributed by atoms with van der Waals surface area (Å²) >= 11 is 0. The van der Waals surface area contributed by atoms with Crippen LogP contribution in [0, 0.1) is 10.1 Å². The molecule has 0 radical (unpaired) electrons. The first kappa shape index (κ1) is 14.4. The Morgan fingerprint density at radius 2 is 2.06 bits per heavy atom. The molecule has 0 aromatic heterocycles. The van der Waals surface area contributed by atoms with Crippen LogP contribution in [0.25, 0.3) is 0 Å². The summed E-state index contributed by atoms with van der Waals surface area (Å²) in [5, 5.41) is 13.7. The summed E-state index contributed by atoms with van der Waals surface area (Å²) in [4.78, 5) is 10.2. The number of nitrogens with one attached hydrogen (secondary N) is 2. The molecule has 1 aromatic rings. The highest BCUT2D eigenvalue weighted by Crippen LogP contribution is 2.23. The predicted molar refractivity (Wildman–Crippen MR) is 72.9 cm³/mol. The van der Waals surface area contributed by atoms with Crippen LogP contribution in [-0.2, 0) is 10.8 Å². The molecule has 0 aliphatic rings. The van der Waals surface area contributed by atoms with E-state index in [-0.39, 0.29) is 5.69 Å². The Kier molecular flexibility index (Phi) is 5.53. The molecule has 7 nitrogen and oxygen atoms in total. The molecule has 1 unspecified atom stereocenters. The third kappa shape index (κ3) is 4.68. The van der Waals surface area contributed by atoms with Gasteiger partial charge < -0.3 is 10.7 Å². The first-order valence-electron chi connectivity index (χ1n) is 5.33. The van der Waals surface area contributed by atoms with Crippen molar-refractivity contribution in [2.24, 2.45) is 5.84 Å². The van der Waals surface area contributed by atoms with E-state index in [1.165, 1.54) is 12.1 Å². The monoisotopic (exact) mass is 272 g/mol. The molecule has 0 heterocycles. The van der Waals surface area contributed by atoms with Crippen molar-refractivity contribution in [1.29, 1.82) is 0 Å². The molecule has 0 saturated heterocycles. The fraction of sp³-hybridized carbons (Fsp3) is 0.400. The van der Waals surface area contributed by atoms with Gasteiger partial charge in [-0.1, -0.05) is 0 Å². The van der Waals surface area contributed by atoms with Crippen molar-refractivity contribution in [2.75, 3.05) is 29.3 Å². The Morgan fingerprint density at radius 1 is 1.39 bits per heavy atom. The normalized spacial score (nSPS) is 11.9. The Balaban J connectivity index is 2.66. The molecule has 0 saturated carbocycles. The van der Waals surface area contributed by atoms with Gasteiger partial charge in [-0.15, -0.1) is 0 Å². The second-order valence-electron chi connectivity index (χ2n) is 3.73. The van der Waals surface area contributed by atoms with E-state index in [0.717, 1.165) is 6.42 Å². The molecule has 0 aliphatic carbocycles. The van der Waals surface area contributed by atoms with Crippen LogP contribution in [0.1, 0.15) is 6.42 Å². The maximum Gasteiger partial charge on any atom is 0.273 e. The van der Waals surface area contributed by atoms with Crippen LogP contribution in [0.5, 0.6) is 0 Å². The van der Waals surface area contributed by atoms with Gasteiger partial charge in [-0.2, -0.15) is 0 Å². The minimum Gasteiger partial charge on any atom is -0.385 e. The summed E-state index contributed by atoms with van der Waals surface area (Å²) in [7, 11) is -0.822. The third-order valence-corrected chi connectivity index (χ3v) is 3.10. The van der Waals surface area contributed by atoms with Gasteiger partial charge >= 0.3 is 0 Å². The highest BCUT2D eigenvalue weighted by Gasteiger charge is 2.09. The maximum atomic E-state index is 10.9. The standard InChI is InChI=1S/C10H16N4O3S/c1-18(17)4-2-3-12-8-5-9(13-11)7-10(6-8)14(15)16/h5-7,12-13H,2-4,11H2,1H3. The van der Waals surface area contributed by atoms with Crippen molar-refractivity contribution in [3.05, 3.63) is 28.3 Å². The number of hydrogen-bond acceptors (Lipinski definition) is 6. The van der Waals surface area contributed by atoms with E-state index in [9.17, 15) is 14.3 Å². The van der Waals surface area contributed by atoms with Crippen molar-refractivity contribution >= 4 is 27.9 Å². The molecule has 0 fully saturated rings. The number of non-ortho nitro benzene ring substituents is 1. The molecule has 8 heteroatoms. The van der Waals surface area contributed by atoms with Gasteiger partial charge in [-0.3, -0.25) is 20.2 Å². The van der Waals surface area contributed by atoms with Crippen LogP contribution in [0.15, 0.2) is 18.2 Å². The van der Waals surface area contributed by atoms with Gasteiger partial charge in [0.05, 0.1) is 10.6 Å². The largest absolute Gasteiger partial charge is 0.385 e. The van der Waals surface area contributed by atoms with Gasteiger partial charge in [-0.25, -0.2) is 0 Å². The molecule has 1 atom stereocenters. The lowest BCUT2D eigenvalue weighted by Gasteiger charge is -2.08. The van der Waals surface area contributed by atoms with Crippen molar-refractivity contribution in [2.45, 2.75) is 6.42 Å². The molecule has 100 valence electrons. The predicted octanol–water partition coefficient (Wildman–Crippen LogP) is 1.06. The molecule has 4 N–H and O–H groups in total. The molecule has 0 spiro atoms. The van der Waals surface area contributed by atoms with E-state index in [2.05, 4.69) is 10.7 Å². The van der Waals surface area contributed by atoms with E-state index in [0.29, 0.717) is 23.7 Å². The summed E-state index contributed by atoms with van der Waals surface area (Å²) in [6.07, 6.45) is 2.38. The minimum absolute atomic E-state index is 0.0352. The van der Waals surface area contributed by atoms with E-state index in [1.54, 1.807) is 12.3 Å². The Labute approximate surface area is 107 Å². The topological polar surface area (TPSA) is 110 Å². The second kappa shape index (κ2) is 6.92. The molecule has 1 rings (SSSR count). The first-order chi connectivity index (χ1) is 8.52. The summed E-state index contributed by atoms with van der Waals surface area (Å²) in [5.74, 6) is 5.84. The van der Waals surface area contributed by atoms with Crippen molar-refractivity contribution in [3.63, 3.8) is 0 Å². The average molecular weight is 272 g/mol. The van der Waals surface area contributed by atoms with Gasteiger partial charge in [0.2, 0.25) is 0 Å². The summed E-state index contributed by atoms with van der Waals surface area (Å²) in [6.45, 7) is 0.602. The number of nitro groups is 1. The number of nitro benzene ring substituents is 1. The molecule has 0 amide bonds. The smallest absolute Gasteiger partial charge is 0.273 e. The molecule has 0 bridgehead atoms. The average Bonchev–Trinajstić information content (AvgIpc) is 2.34. The Hall–Kier alpha value is -1.67. The maximum absolute atomic E-state index is 10.9. The number of benzene rings is 1. The SMILES string of the molecule is CS(=O)CCCNc1cc(NN)cc([N+](=O)[O-])c1. The number of hydrogen-bond donors (Lipinski definition) is 3. The number of nitrogens with zero attached hydrogens (tertiary/aromatic N) is 1. The highest BCUT2D eigenvalue weighted by atomic mass is 32.2. The number of rotatable bonds is 7. The van der Waals surface area contributed by atoms with E-state index >= 15 is 0 Å². The quantitative estimate of drug-likeness (QED) is 0.296. The van der Waals surface area contributed by atoms with Crippen molar-refractivity contribution in [3.8, 4) is 0 Å². The van der Waals surface area contributed by atoms with Crippen molar-refractivity contribution < 1.29 is 9.13 Å². The number of nitrogens with two attached hydrogens (primary N) is 1. The van der Waals surface area contributed by atoms with Gasteiger partial charge in [0.25, 0.3) is 5.69 Å². The fourth-order valence-corrected chi connectivity index (χ4v) is 1.96. The first-order valence-corrected chi connectivity index (χ1v) is 7.05. The Bertz CT molecular complexity index is 453. The lowest BCUT2D eigenvalue weighted by molar-refractivity contribution is -0.384. The number of anilines is 2. The van der Waals surface area contributed by atoms with Crippen LogP contribution < -0.4 is 16.6 Å². The van der Waals surface area contributed by atoms with Gasteiger partial charge in [-0.05, 0) is 12.5 Å². The van der Waals surface area contributed by atoms with Crippen molar-refractivity contribution in [1.82, 2.24) is 0 Å². The molecular weight excluding hydrogens is 256 g/mol. The summed E-state index contributed by atoms with van der Waals surface area (Å²) in [5.41, 5.74) is 3.42. The van der Waals surface area contributed by atoms with E-state index in [4.69, 9.17) is 5.84 Å². The lowest BCUT2D eigenvalue weighted by Crippen LogP contribution is -2.09. The van der Waals surface area contributed by atoms with E-state index < -0.39 is 15.7 Å². The zero-order valence-corrected chi connectivity index (χ0v) is 10.8. The lowest BCUT2D eigenvalue weighted by atomic mass is 10.2. The second-order valence-corrected chi connectivity index (χ2v) is 5.28. The summed E-state index contributed by atoms with van der Waals surface area (Å²) in [6, 6.07) is 4.46. The molecule has 1 aromatic carbocycles. The zero-order valence-electron chi connectivity index (χ0n) is 10.0. The van der Waals surface area contributed by atoms with E-state index in [1.807, 2.05) is 0 Å². The van der Waals surface area contributed by atoms with Crippen LogP contribution in [0.3, 0.4) is 0 Å². The molecule has 18 heavy (non-hydrogen) atoms. The van der Waals surface area contributed by atoms with Gasteiger partial charge in [0, 0.05) is 47.2 Å². The third-order valence-electron chi connectivity index (χ3n) is 2.23. The Morgan fingerprint density at radius 3 is 2.61 bits per heavy atom. The summed E-state index contributed by atoms with van der Waals surface area (Å²) < 4.78 is 10.9. The van der Waals surface area contributed by atoms with Crippen LogP contribution >= 0.6 is 0 Å². The van der Waals surface area contributed by atoms with Gasteiger partial charge in [0.1, 0.15) is 0 Å². The van der Waals surface area contributed by atoms with Gasteiger partial charge in [0.15, 0.2) is 0 Å². The number of hydrazine groups is 1. The van der Waals surface area contributed by atoms with Crippen LogP contribution in [0.4, 0.5) is 17.1 Å². The van der Waals surface area contributed by atoms with Crippen LogP contribution in [0.2, 0.25) is 0 Å².